The van der Waals surface area contributed by atoms with E-state index in [1.165, 1.54) is 16.3 Å². The van der Waals surface area contributed by atoms with E-state index in [9.17, 15) is 0 Å². The Morgan fingerprint density at radius 3 is 2.07 bits per heavy atom. The van der Waals surface area contributed by atoms with Gasteiger partial charge in [0.15, 0.2) is 0 Å². The van der Waals surface area contributed by atoms with Crippen molar-refractivity contribution in [2.45, 2.75) is 0 Å². The zero-order chi connectivity index (χ0) is 28.8. The molecule has 0 atom stereocenters. The second-order valence-electron chi connectivity index (χ2n) is 11.4. The van der Waals surface area contributed by atoms with Gasteiger partial charge in [-0.15, -0.1) is 0 Å². The number of benzene rings is 6. The summed E-state index contributed by atoms with van der Waals surface area (Å²) >= 11 is 0. The van der Waals surface area contributed by atoms with Crippen LogP contribution in [-0.2, 0) is 0 Å². The van der Waals surface area contributed by atoms with Gasteiger partial charge >= 0.3 is 0 Å². The van der Waals surface area contributed by atoms with E-state index in [0.717, 1.165) is 71.5 Å². The molecule has 6 aromatic carbocycles. The van der Waals surface area contributed by atoms with Crippen molar-refractivity contribution in [2.75, 3.05) is 0 Å². The lowest BCUT2D eigenvalue weighted by atomic mass is 9.93. The number of rotatable bonds is 2. The second-order valence-corrected chi connectivity index (χ2v) is 11.4. The molecule has 0 N–H and O–H groups in total. The van der Waals surface area contributed by atoms with Gasteiger partial charge in [0.2, 0.25) is 5.71 Å². The quantitative estimate of drug-likeness (QED) is 0.197. The Labute approximate surface area is 251 Å². The van der Waals surface area contributed by atoms with E-state index < -0.39 is 0 Å². The van der Waals surface area contributed by atoms with Crippen LogP contribution in [-0.4, -0.2) is 14.4 Å². The summed E-state index contributed by atoms with van der Waals surface area (Å²) in [5.74, 6) is 0. The van der Waals surface area contributed by atoms with Crippen LogP contribution in [0.3, 0.4) is 0 Å². The van der Waals surface area contributed by atoms with Crippen molar-refractivity contribution in [1.29, 1.82) is 0 Å². The third-order valence-corrected chi connectivity index (χ3v) is 8.96. The molecule has 0 unspecified atom stereocenters. The molecule has 0 aliphatic rings. The van der Waals surface area contributed by atoms with Gasteiger partial charge in [-0.05, 0) is 64.5 Å². The Kier molecular flexibility index (Phi) is 4.69. The van der Waals surface area contributed by atoms with Gasteiger partial charge in [-0.2, -0.15) is 0 Å². The second kappa shape index (κ2) is 8.76. The number of aromatic nitrogens is 3. The predicted octanol–water partition coefficient (Wildman–Crippen LogP) is 10.6. The monoisotopic (exact) mass is 561 g/mol. The molecule has 0 radical (unpaired) electrons. The van der Waals surface area contributed by atoms with Crippen LogP contribution >= 0.6 is 0 Å². The number of furan rings is 1. The molecule has 44 heavy (non-hydrogen) atoms. The summed E-state index contributed by atoms with van der Waals surface area (Å²) in [5, 5.41) is 6.80. The average Bonchev–Trinajstić information content (AvgIpc) is 3.66. The van der Waals surface area contributed by atoms with Gasteiger partial charge in [0.25, 0.3) is 0 Å². The number of para-hydroxylation sites is 4. The zero-order valence-electron chi connectivity index (χ0n) is 23.5. The highest BCUT2D eigenvalue weighted by Crippen LogP contribution is 2.42. The van der Waals surface area contributed by atoms with Gasteiger partial charge < -0.3 is 4.42 Å². The summed E-state index contributed by atoms with van der Waals surface area (Å²) in [5.41, 5.74) is 11.3. The molecule has 4 heterocycles. The van der Waals surface area contributed by atoms with Gasteiger partial charge in [-0.3, -0.25) is 4.40 Å². The molecule has 4 aromatic heterocycles. The molecule has 0 amide bonds. The standard InChI is InChI=1S/C40H23N3O/c1-2-13-28-27(12-1)31-23-25(20-21-34(31)43-35-18-7-6-17-33(35)41-39(28)43)24-10-9-11-26(22-24)37-29-14-3-5-16-32(29)42-40-38(37)30-15-4-8-19-36(30)44-40/h1-23H. The molecule has 10 aromatic rings. The molecule has 0 saturated heterocycles. The first kappa shape index (κ1) is 23.6. The molecule has 4 heteroatoms. The van der Waals surface area contributed by atoms with Gasteiger partial charge in [-0.1, -0.05) is 97.1 Å². The van der Waals surface area contributed by atoms with Crippen molar-refractivity contribution in [1.82, 2.24) is 14.4 Å². The van der Waals surface area contributed by atoms with E-state index in [1.807, 2.05) is 18.2 Å². The van der Waals surface area contributed by atoms with Crippen molar-refractivity contribution < 1.29 is 4.42 Å². The van der Waals surface area contributed by atoms with Crippen LogP contribution in [0, 0.1) is 0 Å². The lowest BCUT2D eigenvalue weighted by molar-refractivity contribution is 0.656. The van der Waals surface area contributed by atoms with Crippen LogP contribution in [0.4, 0.5) is 0 Å². The predicted molar refractivity (Wildman–Crippen MR) is 181 cm³/mol. The van der Waals surface area contributed by atoms with Crippen LogP contribution in [0.15, 0.2) is 144 Å². The van der Waals surface area contributed by atoms with E-state index >= 15 is 0 Å². The number of hydrogen-bond acceptors (Lipinski definition) is 3. The van der Waals surface area contributed by atoms with E-state index in [0.29, 0.717) is 5.71 Å². The third-order valence-electron chi connectivity index (χ3n) is 8.96. The van der Waals surface area contributed by atoms with Crippen LogP contribution in [0.5, 0.6) is 0 Å². The highest BCUT2D eigenvalue weighted by Gasteiger charge is 2.19. The van der Waals surface area contributed by atoms with Crippen molar-refractivity contribution >= 4 is 71.3 Å². The minimum atomic E-state index is 0.666. The van der Waals surface area contributed by atoms with Crippen LogP contribution < -0.4 is 0 Å². The maximum atomic E-state index is 6.27. The van der Waals surface area contributed by atoms with Crippen LogP contribution in [0.2, 0.25) is 0 Å². The normalized spacial score (nSPS) is 12.1. The number of imidazole rings is 1. The smallest absolute Gasteiger partial charge is 0.228 e. The van der Waals surface area contributed by atoms with Crippen molar-refractivity contribution in [2.24, 2.45) is 0 Å². The van der Waals surface area contributed by atoms with Gasteiger partial charge in [0.1, 0.15) is 11.2 Å². The maximum Gasteiger partial charge on any atom is 0.228 e. The number of nitrogens with zero attached hydrogens (tertiary/aromatic N) is 3. The number of hydrogen-bond donors (Lipinski definition) is 0. The molecule has 204 valence electrons. The lowest BCUT2D eigenvalue weighted by Crippen LogP contribution is -1.92. The lowest BCUT2D eigenvalue weighted by Gasteiger charge is -2.13. The number of pyridine rings is 2. The molecule has 0 fully saturated rings. The molecule has 10 rings (SSSR count). The van der Waals surface area contributed by atoms with Gasteiger partial charge in [0, 0.05) is 27.1 Å². The summed E-state index contributed by atoms with van der Waals surface area (Å²) in [6.07, 6.45) is 0. The summed E-state index contributed by atoms with van der Waals surface area (Å²) in [6, 6.07) is 49.2. The first-order valence-electron chi connectivity index (χ1n) is 14.8. The Hall–Kier alpha value is -6.00. The van der Waals surface area contributed by atoms with E-state index in [4.69, 9.17) is 14.4 Å². The minimum absolute atomic E-state index is 0.666. The molecular weight excluding hydrogens is 538 g/mol. The molecule has 0 aliphatic heterocycles. The highest BCUT2D eigenvalue weighted by atomic mass is 16.3. The molecule has 0 saturated carbocycles. The summed E-state index contributed by atoms with van der Waals surface area (Å²) < 4.78 is 8.57. The molecular formula is C40H23N3O. The Bertz CT molecular complexity index is 2790. The largest absolute Gasteiger partial charge is 0.438 e. The fourth-order valence-corrected chi connectivity index (χ4v) is 7.02. The van der Waals surface area contributed by atoms with Crippen molar-refractivity contribution in [3.63, 3.8) is 0 Å². The van der Waals surface area contributed by atoms with E-state index in [-0.39, 0.29) is 0 Å². The third kappa shape index (κ3) is 3.22. The van der Waals surface area contributed by atoms with E-state index in [1.54, 1.807) is 0 Å². The zero-order valence-corrected chi connectivity index (χ0v) is 23.5. The summed E-state index contributed by atoms with van der Waals surface area (Å²) in [6.45, 7) is 0. The van der Waals surface area contributed by atoms with Crippen LogP contribution in [0.25, 0.3) is 93.6 Å². The Morgan fingerprint density at radius 2 is 1.16 bits per heavy atom. The molecule has 0 spiro atoms. The van der Waals surface area contributed by atoms with E-state index in [2.05, 4.69) is 126 Å². The topological polar surface area (TPSA) is 43.3 Å². The molecule has 0 aliphatic carbocycles. The number of fused-ring (bicyclic) bond motifs is 12. The maximum absolute atomic E-state index is 6.27. The van der Waals surface area contributed by atoms with Gasteiger partial charge in [-0.25, -0.2) is 9.97 Å². The van der Waals surface area contributed by atoms with Crippen molar-refractivity contribution in [3.05, 3.63) is 140 Å². The van der Waals surface area contributed by atoms with Crippen LogP contribution in [0.1, 0.15) is 0 Å². The van der Waals surface area contributed by atoms with Crippen molar-refractivity contribution in [3.8, 4) is 22.3 Å². The fraction of sp³-hybridized carbons (Fsp3) is 0. The first-order chi connectivity index (χ1) is 21.8. The first-order valence-corrected chi connectivity index (χ1v) is 14.8. The minimum Gasteiger partial charge on any atom is -0.438 e. The Morgan fingerprint density at radius 1 is 0.455 bits per heavy atom. The van der Waals surface area contributed by atoms with Gasteiger partial charge in [0.05, 0.1) is 27.5 Å². The Balaban J connectivity index is 1.25. The highest BCUT2D eigenvalue weighted by molar-refractivity contribution is 6.19. The average molecular weight is 562 g/mol. The summed E-state index contributed by atoms with van der Waals surface area (Å²) in [4.78, 5) is 9.95. The summed E-state index contributed by atoms with van der Waals surface area (Å²) in [7, 11) is 0. The molecule has 0 bridgehead atoms. The SMILES string of the molecule is c1cc(-c2ccc3c(c2)c2ccccc2c2nc4ccccc4n32)cc(-c2c3ccccc3nc3oc4ccccc4c23)c1. The fourth-order valence-electron chi connectivity index (χ4n) is 7.02. The molecule has 4 nitrogen and oxygen atoms in total.